The van der Waals surface area contributed by atoms with E-state index in [0.29, 0.717) is 11.3 Å². The Kier molecular flexibility index (Phi) is 8.39. The smallest absolute Gasteiger partial charge is 0.261 e. The van der Waals surface area contributed by atoms with E-state index in [4.69, 9.17) is 4.74 Å². The summed E-state index contributed by atoms with van der Waals surface area (Å²) in [4.78, 5) is 27.1. The molecule has 0 aliphatic carbocycles. The van der Waals surface area contributed by atoms with Crippen LogP contribution in [0.25, 0.3) is 0 Å². The van der Waals surface area contributed by atoms with E-state index in [9.17, 15) is 14.0 Å². The van der Waals surface area contributed by atoms with E-state index in [1.165, 1.54) is 11.0 Å². The van der Waals surface area contributed by atoms with Crippen molar-refractivity contribution in [1.29, 1.82) is 0 Å². The second-order valence-electron chi connectivity index (χ2n) is 7.66. The molecule has 0 aliphatic heterocycles. The normalized spacial score (nSPS) is 12.7. The number of carbonyl (C=O) groups is 2. The van der Waals surface area contributed by atoms with Crippen molar-refractivity contribution in [3.05, 3.63) is 65.0 Å². The standard InChI is InChI=1S/C24H31FN2O3/c1-6-18(4)26-24(29)19(5)27(14-20-9-7-8-10-21(20)25)23(28)15-30-22-13-16(2)11-12-17(22)3/h7-13,18-19H,6,14-15H2,1-5H3,(H,26,29)/t18-,19-/m0/s1. The average Bonchev–Trinajstić information content (AvgIpc) is 2.72. The van der Waals surface area contributed by atoms with Gasteiger partial charge in [-0.2, -0.15) is 0 Å². The first-order valence-corrected chi connectivity index (χ1v) is 10.3. The van der Waals surface area contributed by atoms with Crippen LogP contribution in [0.3, 0.4) is 0 Å². The van der Waals surface area contributed by atoms with Crippen molar-refractivity contribution in [3.8, 4) is 5.75 Å². The minimum absolute atomic E-state index is 0.0171. The number of ether oxygens (including phenoxy) is 1. The monoisotopic (exact) mass is 414 g/mol. The zero-order valence-electron chi connectivity index (χ0n) is 18.4. The highest BCUT2D eigenvalue weighted by molar-refractivity contribution is 5.88. The van der Waals surface area contributed by atoms with E-state index in [0.717, 1.165) is 17.5 Å². The van der Waals surface area contributed by atoms with Crippen molar-refractivity contribution in [2.45, 2.75) is 59.7 Å². The number of benzene rings is 2. The van der Waals surface area contributed by atoms with Crippen LogP contribution in [0.15, 0.2) is 42.5 Å². The van der Waals surface area contributed by atoms with E-state index < -0.39 is 11.9 Å². The summed E-state index contributed by atoms with van der Waals surface area (Å²) in [6.45, 7) is 9.11. The molecule has 0 aliphatic rings. The summed E-state index contributed by atoms with van der Waals surface area (Å²) in [5, 5.41) is 2.89. The molecule has 2 aromatic rings. The lowest BCUT2D eigenvalue weighted by atomic mass is 10.1. The number of halogens is 1. The Labute approximate surface area is 178 Å². The van der Waals surface area contributed by atoms with Gasteiger partial charge in [0.25, 0.3) is 5.91 Å². The first-order chi connectivity index (χ1) is 14.2. The van der Waals surface area contributed by atoms with Gasteiger partial charge in [-0.3, -0.25) is 9.59 Å². The van der Waals surface area contributed by atoms with Crippen molar-refractivity contribution in [3.63, 3.8) is 0 Å². The van der Waals surface area contributed by atoms with Gasteiger partial charge < -0.3 is 15.0 Å². The molecule has 0 heterocycles. The Morgan fingerprint density at radius 1 is 1.13 bits per heavy atom. The van der Waals surface area contributed by atoms with E-state index in [-0.39, 0.29) is 31.0 Å². The molecule has 2 amide bonds. The van der Waals surface area contributed by atoms with Crippen molar-refractivity contribution in [2.75, 3.05) is 6.61 Å². The number of amides is 2. The van der Waals surface area contributed by atoms with Crippen molar-refractivity contribution >= 4 is 11.8 Å². The second kappa shape index (κ2) is 10.8. The second-order valence-corrected chi connectivity index (χ2v) is 7.66. The maximum absolute atomic E-state index is 14.2. The minimum Gasteiger partial charge on any atom is -0.483 e. The van der Waals surface area contributed by atoms with E-state index in [1.807, 2.05) is 45.9 Å². The molecule has 2 aromatic carbocycles. The van der Waals surface area contributed by atoms with Gasteiger partial charge in [-0.25, -0.2) is 4.39 Å². The molecule has 0 aromatic heterocycles. The molecular weight excluding hydrogens is 383 g/mol. The maximum Gasteiger partial charge on any atom is 0.261 e. The topological polar surface area (TPSA) is 58.6 Å². The molecule has 162 valence electrons. The number of nitrogens with one attached hydrogen (secondary N) is 1. The van der Waals surface area contributed by atoms with Gasteiger partial charge >= 0.3 is 0 Å². The molecule has 0 saturated carbocycles. The van der Waals surface area contributed by atoms with Crippen molar-refractivity contribution in [1.82, 2.24) is 10.2 Å². The summed E-state index contributed by atoms with van der Waals surface area (Å²) < 4.78 is 20.0. The Balaban J connectivity index is 2.20. The van der Waals surface area contributed by atoms with Crippen LogP contribution in [0.4, 0.5) is 4.39 Å². The molecule has 0 spiro atoms. The molecule has 0 fully saturated rings. The van der Waals surface area contributed by atoms with Crippen LogP contribution in [0.1, 0.15) is 43.9 Å². The summed E-state index contributed by atoms with van der Waals surface area (Å²) in [5.74, 6) is -0.460. The Morgan fingerprint density at radius 3 is 2.50 bits per heavy atom. The molecule has 0 saturated heterocycles. The van der Waals surface area contributed by atoms with Crippen molar-refractivity contribution < 1.29 is 18.7 Å². The lowest BCUT2D eigenvalue weighted by molar-refractivity contribution is -0.142. The van der Waals surface area contributed by atoms with Gasteiger partial charge in [0.2, 0.25) is 5.91 Å². The predicted octanol–water partition coefficient (Wildman–Crippen LogP) is 4.15. The van der Waals surface area contributed by atoms with E-state index in [1.54, 1.807) is 25.1 Å². The molecule has 2 atom stereocenters. The van der Waals surface area contributed by atoms with Crippen LogP contribution >= 0.6 is 0 Å². The summed E-state index contributed by atoms with van der Waals surface area (Å²) >= 11 is 0. The third-order valence-corrected chi connectivity index (χ3v) is 5.16. The zero-order chi connectivity index (χ0) is 22.3. The SMILES string of the molecule is CC[C@H](C)NC(=O)[C@H](C)N(Cc1ccccc1F)C(=O)COc1cc(C)ccc1C. The minimum atomic E-state index is -0.770. The number of carbonyl (C=O) groups excluding carboxylic acids is 2. The van der Waals surface area contributed by atoms with Crippen LogP contribution in [-0.2, 0) is 16.1 Å². The van der Waals surface area contributed by atoms with Crippen LogP contribution < -0.4 is 10.1 Å². The van der Waals surface area contributed by atoms with E-state index in [2.05, 4.69) is 5.32 Å². The van der Waals surface area contributed by atoms with Gasteiger partial charge in [-0.1, -0.05) is 37.3 Å². The summed E-state index contributed by atoms with van der Waals surface area (Å²) in [7, 11) is 0. The summed E-state index contributed by atoms with van der Waals surface area (Å²) in [6, 6.07) is 11.2. The quantitative estimate of drug-likeness (QED) is 0.671. The fourth-order valence-corrected chi connectivity index (χ4v) is 2.94. The van der Waals surface area contributed by atoms with Crippen LogP contribution in [0, 0.1) is 19.7 Å². The highest BCUT2D eigenvalue weighted by Crippen LogP contribution is 2.20. The number of aryl methyl sites for hydroxylation is 2. The lowest BCUT2D eigenvalue weighted by Crippen LogP contribution is -2.50. The van der Waals surface area contributed by atoms with Gasteiger partial charge in [-0.15, -0.1) is 0 Å². The number of nitrogens with zero attached hydrogens (tertiary/aromatic N) is 1. The van der Waals surface area contributed by atoms with Crippen LogP contribution in [0.2, 0.25) is 0 Å². The highest BCUT2D eigenvalue weighted by Gasteiger charge is 2.28. The van der Waals surface area contributed by atoms with Gasteiger partial charge in [0.1, 0.15) is 17.6 Å². The Bertz CT molecular complexity index is 885. The van der Waals surface area contributed by atoms with Crippen LogP contribution in [-0.4, -0.2) is 35.4 Å². The molecule has 0 bridgehead atoms. The number of hydrogen-bond donors (Lipinski definition) is 1. The number of rotatable bonds is 9. The van der Waals surface area contributed by atoms with Crippen LogP contribution in [0.5, 0.6) is 5.75 Å². The molecule has 0 radical (unpaired) electrons. The average molecular weight is 415 g/mol. The van der Waals surface area contributed by atoms with E-state index >= 15 is 0 Å². The van der Waals surface area contributed by atoms with Gasteiger partial charge in [-0.05, 0) is 57.4 Å². The van der Waals surface area contributed by atoms with Crippen molar-refractivity contribution in [2.24, 2.45) is 0 Å². The lowest BCUT2D eigenvalue weighted by Gasteiger charge is -2.29. The molecule has 0 unspecified atom stereocenters. The predicted molar refractivity (Wildman–Crippen MR) is 116 cm³/mol. The summed E-state index contributed by atoms with van der Waals surface area (Å²) in [5.41, 5.74) is 2.28. The largest absolute Gasteiger partial charge is 0.483 e. The molecule has 5 nitrogen and oxygen atoms in total. The molecule has 2 rings (SSSR count). The zero-order valence-corrected chi connectivity index (χ0v) is 18.4. The molecular formula is C24H31FN2O3. The number of hydrogen-bond acceptors (Lipinski definition) is 3. The summed E-state index contributed by atoms with van der Waals surface area (Å²) in [6.07, 6.45) is 0.773. The Hall–Kier alpha value is -2.89. The fourth-order valence-electron chi connectivity index (χ4n) is 2.94. The molecule has 1 N–H and O–H groups in total. The van der Waals surface area contributed by atoms with Gasteiger partial charge in [0, 0.05) is 18.2 Å². The first-order valence-electron chi connectivity index (χ1n) is 10.3. The Morgan fingerprint density at radius 2 is 1.83 bits per heavy atom. The molecule has 30 heavy (non-hydrogen) atoms. The first kappa shape index (κ1) is 23.4. The maximum atomic E-state index is 14.2. The third-order valence-electron chi connectivity index (χ3n) is 5.16. The fraction of sp³-hybridized carbons (Fsp3) is 0.417. The van der Waals surface area contributed by atoms with Gasteiger partial charge in [0.15, 0.2) is 6.61 Å². The molecule has 6 heteroatoms. The third kappa shape index (κ3) is 6.31. The van der Waals surface area contributed by atoms with Gasteiger partial charge in [0.05, 0.1) is 0 Å². The highest BCUT2D eigenvalue weighted by atomic mass is 19.1.